The summed E-state index contributed by atoms with van der Waals surface area (Å²) in [5.74, 6) is -0.297. The summed E-state index contributed by atoms with van der Waals surface area (Å²) < 4.78 is 4.78. The highest BCUT2D eigenvalue weighted by atomic mass is 16.6. The maximum absolute atomic E-state index is 11.4. The highest BCUT2D eigenvalue weighted by Gasteiger charge is 2.32. The first-order chi connectivity index (χ1) is 10.2. The summed E-state index contributed by atoms with van der Waals surface area (Å²) in [4.78, 5) is 11.4. The van der Waals surface area contributed by atoms with Crippen LogP contribution in [0.2, 0.25) is 0 Å². The predicted molar refractivity (Wildman–Crippen MR) is 85.8 cm³/mol. The van der Waals surface area contributed by atoms with Crippen molar-refractivity contribution in [2.24, 2.45) is 0 Å². The van der Waals surface area contributed by atoms with Gasteiger partial charge >= 0.3 is 5.97 Å². The Bertz CT molecular complexity index is 357. The first-order valence-electron chi connectivity index (χ1n) is 8.46. The number of carbonyl (C=O) groups excluding carboxylic acids is 1. The van der Waals surface area contributed by atoms with Crippen molar-refractivity contribution in [3.8, 4) is 0 Å². The smallest absolute Gasteiger partial charge is 0.341 e. The van der Waals surface area contributed by atoms with Crippen molar-refractivity contribution in [1.29, 1.82) is 0 Å². The number of rotatable bonds is 11. The monoisotopic (exact) mass is 294 g/mol. The van der Waals surface area contributed by atoms with E-state index in [0.29, 0.717) is 5.57 Å². The molecule has 0 bridgehead atoms. The second kappa shape index (κ2) is 10.6. The summed E-state index contributed by atoms with van der Waals surface area (Å²) in [6, 6.07) is 0. The van der Waals surface area contributed by atoms with E-state index in [2.05, 4.69) is 13.5 Å². The Morgan fingerprint density at radius 1 is 1.05 bits per heavy atom. The van der Waals surface area contributed by atoms with Crippen molar-refractivity contribution in [3.63, 3.8) is 0 Å². The molecule has 1 aliphatic heterocycles. The second-order valence-corrected chi connectivity index (χ2v) is 5.89. The molecule has 1 fully saturated rings. The molecule has 0 aromatic carbocycles. The fourth-order valence-electron chi connectivity index (χ4n) is 2.60. The molecule has 0 aromatic rings. The van der Waals surface area contributed by atoms with E-state index in [0.717, 1.165) is 12.8 Å². The van der Waals surface area contributed by atoms with E-state index in [4.69, 9.17) is 4.74 Å². The van der Waals surface area contributed by atoms with Crippen molar-refractivity contribution in [1.82, 2.24) is 0 Å². The van der Waals surface area contributed by atoms with Crippen molar-refractivity contribution in [2.75, 3.05) is 0 Å². The molecule has 0 aliphatic carbocycles. The van der Waals surface area contributed by atoms with Crippen molar-refractivity contribution < 1.29 is 14.6 Å². The highest BCUT2D eigenvalue weighted by molar-refractivity contribution is 5.93. The summed E-state index contributed by atoms with van der Waals surface area (Å²) >= 11 is 0. The molecule has 0 amide bonds. The summed E-state index contributed by atoms with van der Waals surface area (Å²) in [5, 5.41) is 9.68. The summed E-state index contributed by atoms with van der Waals surface area (Å²) in [5.41, 5.74) is 0.357. The zero-order valence-corrected chi connectivity index (χ0v) is 13.4. The SMILES string of the molecule is C=C1OC(=O)/C(=C/CCCCCCCCCCCC)[C@H]1O. The van der Waals surface area contributed by atoms with Crippen molar-refractivity contribution >= 4 is 5.97 Å². The average Bonchev–Trinajstić information content (AvgIpc) is 2.70. The Morgan fingerprint density at radius 3 is 2.05 bits per heavy atom. The van der Waals surface area contributed by atoms with Crippen LogP contribution >= 0.6 is 0 Å². The van der Waals surface area contributed by atoms with Gasteiger partial charge in [0.15, 0.2) is 0 Å². The molecule has 21 heavy (non-hydrogen) atoms. The number of hydrogen-bond donors (Lipinski definition) is 1. The molecular formula is C18H30O3. The molecule has 0 saturated carbocycles. The molecule has 0 radical (unpaired) electrons. The van der Waals surface area contributed by atoms with Gasteiger partial charge in [0, 0.05) is 0 Å². The fraction of sp³-hybridized carbons (Fsp3) is 0.722. The summed E-state index contributed by atoms with van der Waals surface area (Å²) in [7, 11) is 0. The quantitative estimate of drug-likeness (QED) is 0.342. The molecule has 3 nitrogen and oxygen atoms in total. The van der Waals surface area contributed by atoms with E-state index in [9.17, 15) is 9.90 Å². The number of esters is 1. The molecule has 0 aromatic heterocycles. The van der Waals surface area contributed by atoms with Crippen molar-refractivity contribution in [2.45, 2.75) is 83.7 Å². The van der Waals surface area contributed by atoms with Crippen LogP contribution in [0.4, 0.5) is 0 Å². The van der Waals surface area contributed by atoms with Crippen molar-refractivity contribution in [3.05, 3.63) is 24.0 Å². The van der Waals surface area contributed by atoms with E-state index in [-0.39, 0.29) is 5.76 Å². The number of hydrogen-bond acceptors (Lipinski definition) is 3. The summed E-state index contributed by atoms with van der Waals surface area (Å²) in [6.07, 6.45) is 14.7. The van der Waals surface area contributed by atoms with Gasteiger partial charge in [-0.25, -0.2) is 4.79 Å². The fourth-order valence-corrected chi connectivity index (χ4v) is 2.60. The van der Waals surface area contributed by atoms with E-state index in [1.807, 2.05) is 0 Å². The van der Waals surface area contributed by atoms with Crippen LogP contribution in [0.15, 0.2) is 24.0 Å². The molecule has 1 heterocycles. The van der Waals surface area contributed by atoms with Gasteiger partial charge in [-0.2, -0.15) is 0 Å². The molecule has 0 spiro atoms. The molecule has 3 heteroatoms. The Labute approximate surface area is 129 Å². The van der Waals surface area contributed by atoms with Gasteiger partial charge in [-0.3, -0.25) is 0 Å². The van der Waals surface area contributed by atoms with Crippen LogP contribution < -0.4 is 0 Å². The number of aliphatic hydroxyl groups is 1. The molecular weight excluding hydrogens is 264 g/mol. The molecule has 1 N–H and O–H groups in total. The third-order valence-corrected chi connectivity index (χ3v) is 3.98. The van der Waals surface area contributed by atoms with Gasteiger partial charge in [-0.1, -0.05) is 77.4 Å². The van der Waals surface area contributed by atoms with E-state index in [1.54, 1.807) is 6.08 Å². The maximum Gasteiger partial charge on any atom is 0.341 e. The number of unbranched alkanes of at least 4 members (excludes halogenated alkanes) is 10. The zero-order valence-electron chi connectivity index (χ0n) is 13.4. The van der Waals surface area contributed by atoms with Gasteiger partial charge < -0.3 is 9.84 Å². The maximum atomic E-state index is 11.4. The number of carbonyl (C=O) groups is 1. The molecule has 120 valence electrons. The largest absolute Gasteiger partial charge is 0.425 e. The number of cyclic esters (lactones) is 1. The third kappa shape index (κ3) is 6.94. The second-order valence-electron chi connectivity index (χ2n) is 5.89. The number of ether oxygens (including phenoxy) is 1. The zero-order chi connectivity index (χ0) is 15.5. The lowest BCUT2D eigenvalue weighted by Crippen LogP contribution is -2.07. The van der Waals surface area contributed by atoms with E-state index >= 15 is 0 Å². The van der Waals surface area contributed by atoms with Crippen LogP contribution in [-0.4, -0.2) is 17.2 Å². The van der Waals surface area contributed by atoms with Gasteiger partial charge in [0.1, 0.15) is 11.9 Å². The Morgan fingerprint density at radius 2 is 1.57 bits per heavy atom. The van der Waals surface area contributed by atoms with Gasteiger partial charge in [0.25, 0.3) is 0 Å². The lowest BCUT2D eigenvalue weighted by atomic mass is 10.0. The average molecular weight is 294 g/mol. The Kier molecular flexibility index (Phi) is 9.07. The minimum Gasteiger partial charge on any atom is -0.425 e. The van der Waals surface area contributed by atoms with Crippen LogP contribution in [0.25, 0.3) is 0 Å². The van der Waals surface area contributed by atoms with Crippen LogP contribution in [-0.2, 0) is 9.53 Å². The minimum absolute atomic E-state index is 0.148. The molecule has 0 unspecified atom stereocenters. The van der Waals surface area contributed by atoms with Crippen LogP contribution in [0, 0.1) is 0 Å². The Balaban J connectivity index is 1.97. The number of aliphatic hydroxyl groups excluding tert-OH is 1. The first-order valence-corrected chi connectivity index (χ1v) is 8.46. The van der Waals surface area contributed by atoms with Gasteiger partial charge in [-0.15, -0.1) is 0 Å². The van der Waals surface area contributed by atoms with Gasteiger partial charge in [0.2, 0.25) is 0 Å². The minimum atomic E-state index is -0.930. The van der Waals surface area contributed by atoms with Crippen LogP contribution in [0.5, 0.6) is 0 Å². The van der Waals surface area contributed by atoms with E-state index < -0.39 is 12.1 Å². The molecule has 1 aliphatic rings. The topological polar surface area (TPSA) is 46.5 Å². The highest BCUT2D eigenvalue weighted by Crippen LogP contribution is 2.23. The van der Waals surface area contributed by atoms with Crippen LogP contribution in [0.3, 0.4) is 0 Å². The first kappa shape index (κ1) is 18.0. The third-order valence-electron chi connectivity index (χ3n) is 3.98. The summed E-state index contributed by atoms with van der Waals surface area (Å²) in [6.45, 7) is 5.75. The lowest BCUT2D eigenvalue weighted by molar-refractivity contribution is -0.132. The standard InChI is InChI=1S/C18H30O3/c1-3-4-5-6-7-8-9-10-11-12-13-14-16-17(19)15(2)21-18(16)20/h14,17,19H,2-13H2,1H3/b16-14+/t17-/m0/s1. The molecule has 1 atom stereocenters. The number of allylic oxidation sites excluding steroid dienone is 1. The molecule has 1 saturated heterocycles. The normalized spacial score (nSPS) is 20.3. The predicted octanol–water partition coefficient (Wildman–Crippen LogP) is 4.66. The van der Waals surface area contributed by atoms with Crippen LogP contribution in [0.1, 0.15) is 77.6 Å². The Hall–Kier alpha value is -1.09. The lowest BCUT2D eigenvalue weighted by Gasteiger charge is -2.02. The van der Waals surface area contributed by atoms with E-state index in [1.165, 1.54) is 57.8 Å². The van der Waals surface area contributed by atoms with Gasteiger partial charge in [0.05, 0.1) is 5.57 Å². The van der Waals surface area contributed by atoms with Gasteiger partial charge in [-0.05, 0) is 12.8 Å². The molecule has 1 rings (SSSR count).